The molecule has 24 heavy (non-hydrogen) atoms. The van der Waals surface area contributed by atoms with E-state index < -0.39 is 5.97 Å². The van der Waals surface area contributed by atoms with Crippen LogP contribution in [0, 0.1) is 13.8 Å². The third kappa shape index (κ3) is 4.81. The van der Waals surface area contributed by atoms with Gasteiger partial charge in [-0.3, -0.25) is 9.78 Å². The minimum absolute atomic E-state index is 0.0827. The monoisotopic (exact) mass is 328 g/mol. The zero-order valence-corrected chi connectivity index (χ0v) is 14.0. The first kappa shape index (κ1) is 17.5. The highest BCUT2D eigenvalue weighted by Crippen LogP contribution is 2.18. The Balaban J connectivity index is 1.86. The number of ether oxygens (including phenoxy) is 2. The quantitative estimate of drug-likeness (QED) is 0.823. The standard InChI is InChI=1S/C18H20N2O4/c1-12-4-5-16(13(2)8-12)24-11-17(21)20-10-15-9-14(6-7-19-15)18(22)23-3/h4-9H,10-11H2,1-3H3,(H,20,21). The molecule has 0 unspecified atom stereocenters. The van der Waals surface area contributed by atoms with E-state index in [-0.39, 0.29) is 19.1 Å². The second-order valence-electron chi connectivity index (χ2n) is 5.36. The highest BCUT2D eigenvalue weighted by Gasteiger charge is 2.08. The van der Waals surface area contributed by atoms with Gasteiger partial charge >= 0.3 is 5.97 Å². The van der Waals surface area contributed by atoms with E-state index in [0.29, 0.717) is 17.0 Å². The zero-order valence-electron chi connectivity index (χ0n) is 14.0. The highest BCUT2D eigenvalue weighted by atomic mass is 16.5. The van der Waals surface area contributed by atoms with Gasteiger partial charge in [0.2, 0.25) is 0 Å². The Morgan fingerprint density at radius 3 is 2.67 bits per heavy atom. The summed E-state index contributed by atoms with van der Waals surface area (Å²) in [6.45, 7) is 4.06. The minimum atomic E-state index is -0.442. The number of hydrogen-bond donors (Lipinski definition) is 1. The van der Waals surface area contributed by atoms with Crippen LogP contribution in [0.2, 0.25) is 0 Å². The summed E-state index contributed by atoms with van der Waals surface area (Å²) in [5.41, 5.74) is 3.08. The van der Waals surface area contributed by atoms with Crippen LogP contribution in [0.15, 0.2) is 36.5 Å². The lowest BCUT2D eigenvalue weighted by molar-refractivity contribution is -0.123. The molecule has 0 saturated carbocycles. The number of nitrogens with zero attached hydrogens (tertiary/aromatic N) is 1. The van der Waals surface area contributed by atoms with Crippen LogP contribution < -0.4 is 10.1 Å². The summed E-state index contributed by atoms with van der Waals surface area (Å²) >= 11 is 0. The molecule has 6 heteroatoms. The number of aromatic nitrogens is 1. The average Bonchev–Trinajstić information content (AvgIpc) is 2.58. The van der Waals surface area contributed by atoms with Crippen LogP contribution in [0.5, 0.6) is 5.75 Å². The Bertz CT molecular complexity index is 744. The fourth-order valence-corrected chi connectivity index (χ4v) is 2.16. The third-order valence-electron chi connectivity index (χ3n) is 3.39. The summed E-state index contributed by atoms with van der Waals surface area (Å²) in [7, 11) is 1.31. The molecule has 1 amide bonds. The predicted octanol–water partition coefficient (Wildman–Crippen LogP) is 2.18. The van der Waals surface area contributed by atoms with Gasteiger partial charge in [0.1, 0.15) is 5.75 Å². The SMILES string of the molecule is COC(=O)c1ccnc(CNC(=O)COc2ccc(C)cc2C)c1. The van der Waals surface area contributed by atoms with Crippen molar-refractivity contribution in [3.63, 3.8) is 0 Å². The number of amides is 1. The molecule has 6 nitrogen and oxygen atoms in total. The Labute approximate surface area is 140 Å². The largest absolute Gasteiger partial charge is 0.484 e. The molecule has 1 N–H and O–H groups in total. The van der Waals surface area contributed by atoms with E-state index in [9.17, 15) is 9.59 Å². The fraction of sp³-hybridized carbons (Fsp3) is 0.278. The van der Waals surface area contributed by atoms with E-state index in [1.807, 2.05) is 32.0 Å². The minimum Gasteiger partial charge on any atom is -0.484 e. The molecule has 126 valence electrons. The number of esters is 1. The van der Waals surface area contributed by atoms with Crippen LogP contribution in [-0.2, 0) is 16.1 Å². The number of methoxy groups -OCH3 is 1. The molecule has 0 bridgehead atoms. The first-order valence-corrected chi connectivity index (χ1v) is 7.49. The molecule has 0 radical (unpaired) electrons. The van der Waals surface area contributed by atoms with E-state index in [4.69, 9.17) is 4.74 Å². The van der Waals surface area contributed by atoms with Crippen molar-refractivity contribution in [1.82, 2.24) is 10.3 Å². The number of rotatable bonds is 6. The molecule has 1 aromatic heterocycles. The van der Waals surface area contributed by atoms with Gasteiger partial charge in [0.25, 0.3) is 5.91 Å². The number of carbonyl (C=O) groups is 2. The number of nitrogens with one attached hydrogen (secondary N) is 1. The smallest absolute Gasteiger partial charge is 0.337 e. The molecule has 0 fully saturated rings. The van der Waals surface area contributed by atoms with Crippen molar-refractivity contribution in [3.8, 4) is 5.75 Å². The number of aryl methyl sites for hydroxylation is 2. The average molecular weight is 328 g/mol. The summed E-state index contributed by atoms with van der Waals surface area (Å²) < 4.78 is 10.2. The maximum absolute atomic E-state index is 11.9. The van der Waals surface area contributed by atoms with Gasteiger partial charge in [-0.15, -0.1) is 0 Å². The van der Waals surface area contributed by atoms with Crippen LogP contribution >= 0.6 is 0 Å². The van der Waals surface area contributed by atoms with Gasteiger partial charge in [-0.2, -0.15) is 0 Å². The lowest BCUT2D eigenvalue weighted by Gasteiger charge is -2.10. The van der Waals surface area contributed by atoms with Gasteiger partial charge in [0.15, 0.2) is 6.61 Å². The Morgan fingerprint density at radius 2 is 1.96 bits per heavy atom. The summed E-state index contributed by atoms with van der Waals surface area (Å²) in [5.74, 6) is -0.0232. The van der Waals surface area contributed by atoms with Crippen molar-refractivity contribution in [2.45, 2.75) is 20.4 Å². The second-order valence-corrected chi connectivity index (χ2v) is 5.36. The maximum Gasteiger partial charge on any atom is 0.337 e. The first-order valence-electron chi connectivity index (χ1n) is 7.49. The molecule has 0 atom stereocenters. The number of pyridine rings is 1. The van der Waals surface area contributed by atoms with Gasteiger partial charge in [0.05, 0.1) is 24.9 Å². The van der Waals surface area contributed by atoms with Crippen molar-refractivity contribution >= 4 is 11.9 Å². The molecule has 1 aromatic carbocycles. The molecule has 0 saturated heterocycles. The van der Waals surface area contributed by atoms with E-state index >= 15 is 0 Å². The van der Waals surface area contributed by atoms with Crippen LogP contribution in [0.3, 0.4) is 0 Å². The summed E-state index contributed by atoms with van der Waals surface area (Å²) in [4.78, 5) is 27.5. The van der Waals surface area contributed by atoms with Crippen molar-refractivity contribution in [2.75, 3.05) is 13.7 Å². The zero-order chi connectivity index (χ0) is 17.5. The van der Waals surface area contributed by atoms with E-state index in [1.165, 1.54) is 13.3 Å². The van der Waals surface area contributed by atoms with Crippen LogP contribution in [0.25, 0.3) is 0 Å². The molecule has 0 aliphatic rings. The number of benzene rings is 1. The summed E-state index contributed by atoms with van der Waals surface area (Å²) in [6, 6.07) is 8.91. The molecule has 0 spiro atoms. The first-order chi connectivity index (χ1) is 11.5. The van der Waals surface area contributed by atoms with Gasteiger partial charge < -0.3 is 14.8 Å². The summed E-state index contributed by atoms with van der Waals surface area (Å²) in [5, 5.41) is 2.71. The van der Waals surface area contributed by atoms with Crippen LogP contribution in [0.1, 0.15) is 27.2 Å². The molecule has 1 heterocycles. The lowest BCUT2D eigenvalue weighted by atomic mass is 10.1. The van der Waals surface area contributed by atoms with Gasteiger partial charge in [-0.1, -0.05) is 17.7 Å². The van der Waals surface area contributed by atoms with Crippen molar-refractivity contribution < 1.29 is 19.1 Å². The van der Waals surface area contributed by atoms with E-state index in [2.05, 4.69) is 15.0 Å². The molecule has 0 aliphatic carbocycles. The van der Waals surface area contributed by atoms with E-state index in [0.717, 1.165) is 11.1 Å². The molecule has 0 aliphatic heterocycles. The Morgan fingerprint density at radius 1 is 1.17 bits per heavy atom. The third-order valence-corrected chi connectivity index (χ3v) is 3.39. The number of carbonyl (C=O) groups excluding carboxylic acids is 2. The second kappa shape index (κ2) is 8.10. The fourth-order valence-electron chi connectivity index (χ4n) is 2.16. The van der Waals surface area contributed by atoms with Gasteiger partial charge in [0, 0.05) is 6.20 Å². The normalized spacial score (nSPS) is 10.1. The van der Waals surface area contributed by atoms with E-state index in [1.54, 1.807) is 12.1 Å². The van der Waals surface area contributed by atoms with Gasteiger partial charge in [-0.05, 0) is 37.6 Å². The van der Waals surface area contributed by atoms with Crippen molar-refractivity contribution in [1.29, 1.82) is 0 Å². The Kier molecular flexibility index (Phi) is 5.89. The summed E-state index contributed by atoms with van der Waals surface area (Å²) in [6.07, 6.45) is 1.50. The van der Waals surface area contributed by atoms with Gasteiger partial charge in [-0.25, -0.2) is 4.79 Å². The topological polar surface area (TPSA) is 77.5 Å². The Hall–Kier alpha value is -2.89. The molecule has 2 rings (SSSR count). The lowest BCUT2D eigenvalue weighted by Crippen LogP contribution is -2.29. The highest BCUT2D eigenvalue weighted by molar-refractivity contribution is 5.89. The number of hydrogen-bond acceptors (Lipinski definition) is 5. The maximum atomic E-state index is 11.9. The van der Waals surface area contributed by atoms with Crippen molar-refractivity contribution in [2.24, 2.45) is 0 Å². The van der Waals surface area contributed by atoms with Crippen LogP contribution in [0.4, 0.5) is 0 Å². The predicted molar refractivity (Wildman–Crippen MR) is 88.8 cm³/mol. The van der Waals surface area contributed by atoms with Crippen LogP contribution in [-0.4, -0.2) is 30.6 Å². The molecule has 2 aromatic rings. The van der Waals surface area contributed by atoms with Crippen molar-refractivity contribution in [3.05, 3.63) is 58.9 Å². The molecular formula is C18H20N2O4. The molecular weight excluding hydrogens is 308 g/mol.